The lowest BCUT2D eigenvalue weighted by Gasteiger charge is -2.28. The molecular weight excluding hydrogens is 278 g/mol. The SMILES string of the molecule is CCC(C)C(=O)N(Cc1nc2ccccc2c(=O)[nH]1)C(C)C. The van der Waals surface area contributed by atoms with Crippen molar-refractivity contribution in [3.05, 3.63) is 40.4 Å². The summed E-state index contributed by atoms with van der Waals surface area (Å²) in [5.41, 5.74) is 0.487. The van der Waals surface area contributed by atoms with Gasteiger partial charge in [-0.1, -0.05) is 26.0 Å². The number of nitrogens with one attached hydrogen (secondary N) is 1. The van der Waals surface area contributed by atoms with Gasteiger partial charge >= 0.3 is 0 Å². The zero-order valence-corrected chi connectivity index (χ0v) is 13.6. The normalized spacial score (nSPS) is 12.6. The molecule has 22 heavy (non-hydrogen) atoms. The number of nitrogens with zero attached hydrogens (tertiary/aromatic N) is 2. The van der Waals surface area contributed by atoms with E-state index in [0.717, 1.165) is 6.42 Å². The predicted molar refractivity (Wildman–Crippen MR) is 87.5 cm³/mol. The quantitative estimate of drug-likeness (QED) is 0.923. The summed E-state index contributed by atoms with van der Waals surface area (Å²) in [6.45, 7) is 8.19. The average Bonchev–Trinajstić information content (AvgIpc) is 2.51. The Morgan fingerprint density at radius 2 is 1.95 bits per heavy atom. The Labute approximate surface area is 130 Å². The van der Waals surface area contributed by atoms with Gasteiger partial charge in [0, 0.05) is 12.0 Å². The Bertz CT molecular complexity index is 721. The topological polar surface area (TPSA) is 66.1 Å². The number of carbonyl (C=O) groups is 1. The van der Waals surface area contributed by atoms with Crippen LogP contribution in [-0.2, 0) is 11.3 Å². The molecule has 1 aromatic heterocycles. The fourth-order valence-electron chi connectivity index (χ4n) is 2.34. The molecule has 5 nitrogen and oxygen atoms in total. The van der Waals surface area contributed by atoms with Gasteiger partial charge in [-0.05, 0) is 32.4 Å². The zero-order chi connectivity index (χ0) is 16.3. The molecule has 0 saturated carbocycles. The van der Waals surface area contributed by atoms with Gasteiger partial charge in [0.15, 0.2) is 0 Å². The van der Waals surface area contributed by atoms with Crippen LogP contribution in [0.15, 0.2) is 29.1 Å². The molecule has 118 valence electrons. The number of fused-ring (bicyclic) bond motifs is 1. The van der Waals surface area contributed by atoms with Crippen LogP contribution in [0, 0.1) is 5.92 Å². The fraction of sp³-hybridized carbons (Fsp3) is 0.471. The maximum atomic E-state index is 12.5. The maximum absolute atomic E-state index is 12.5. The molecule has 0 radical (unpaired) electrons. The lowest BCUT2D eigenvalue weighted by molar-refractivity contribution is -0.137. The van der Waals surface area contributed by atoms with Crippen molar-refractivity contribution in [2.45, 2.75) is 46.7 Å². The molecule has 0 aliphatic heterocycles. The Hall–Kier alpha value is -2.17. The molecule has 0 bridgehead atoms. The van der Waals surface area contributed by atoms with Crippen LogP contribution < -0.4 is 5.56 Å². The molecule has 1 heterocycles. The second-order valence-electron chi connectivity index (χ2n) is 5.90. The number of aromatic amines is 1. The molecule has 0 aliphatic carbocycles. The highest BCUT2D eigenvalue weighted by molar-refractivity contribution is 5.79. The van der Waals surface area contributed by atoms with E-state index in [2.05, 4.69) is 9.97 Å². The Morgan fingerprint density at radius 1 is 1.27 bits per heavy atom. The lowest BCUT2D eigenvalue weighted by atomic mass is 10.1. The van der Waals surface area contributed by atoms with Crippen LogP contribution in [0.1, 0.15) is 39.9 Å². The Kier molecular flexibility index (Phi) is 4.96. The number of hydrogen-bond acceptors (Lipinski definition) is 3. The van der Waals surface area contributed by atoms with Crippen molar-refractivity contribution in [3.63, 3.8) is 0 Å². The number of H-pyrrole nitrogens is 1. The van der Waals surface area contributed by atoms with Crippen molar-refractivity contribution >= 4 is 16.8 Å². The van der Waals surface area contributed by atoms with Gasteiger partial charge in [0.25, 0.3) is 5.56 Å². The summed E-state index contributed by atoms with van der Waals surface area (Å²) < 4.78 is 0. The van der Waals surface area contributed by atoms with Gasteiger partial charge in [-0.25, -0.2) is 4.98 Å². The lowest BCUT2D eigenvalue weighted by Crippen LogP contribution is -2.40. The van der Waals surface area contributed by atoms with E-state index < -0.39 is 0 Å². The molecule has 1 atom stereocenters. The molecule has 1 aromatic carbocycles. The first-order valence-electron chi connectivity index (χ1n) is 7.72. The first-order valence-corrected chi connectivity index (χ1v) is 7.72. The van der Waals surface area contributed by atoms with Gasteiger partial charge in [-0.3, -0.25) is 9.59 Å². The second kappa shape index (κ2) is 6.73. The molecule has 1 N–H and O–H groups in total. The third kappa shape index (κ3) is 3.35. The van der Waals surface area contributed by atoms with Crippen molar-refractivity contribution in [1.82, 2.24) is 14.9 Å². The van der Waals surface area contributed by atoms with Crippen LogP contribution in [-0.4, -0.2) is 26.8 Å². The maximum Gasteiger partial charge on any atom is 0.258 e. The number of carbonyl (C=O) groups excluding carboxylic acids is 1. The van der Waals surface area contributed by atoms with Gasteiger partial charge in [-0.2, -0.15) is 0 Å². The highest BCUT2D eigenvalue weighted by atomic mass is 16.2. The summed E-state index contributed by atoms with van der Waals surface area (Å²) >= 11 is 0. The molecule has 0 spiro atoms. The van der Waals surface area contributed by atoms with Crippen molar-refractivity contribution in [2.24, 2.45) is 5.92 Å². The number of aromatic nitrogens is 2. The highest BCUT2D eigenvalue weighted by Gasteiger charge is 2.22. The average molecular weight is 301 g/mol. The number of amides is 1. The summed E-state index contributed by atoms with van der Waals surface area (Å²) in [5, 5.41) is 0.565. The van der Waals surface area contributed by atoms with Gasteiger partial charge in [-0.15, -0.1) is 0 Å². The van der Waals surface area contributed by atoms with E-state index in [9.17, 15) is 9.59 Å². The van der Waals surface area contributed by atoms with Crippen LogP contribution in [0.2, 0.25) is 0 Å². The summed E-state index contributed by atoms with van der Waals surface area (Å²) in [5.74, 6) is 0.580. The largest absolute Gasteiger partial charge is 0.333 e. The van der Waals surface area contributed by atoms with Gasteiger partial charge in [0.1, 0.15) is 5.82 Å². The van der Waals surface area contributed by atoms with Crippen LogP contribution in [0.25, 0.3) is 10.9 Å². The smallest absolute Gasteiger partial charge is 0.258 e. The minimum absolute atomic E-state index is 0.0328. The van der Waals surface area contributed by atoms with Crippen LogP contribution in [0.5, 0.6) is 0 Å². The van der Waals surface area contributed by atoms with E-state index in [1.54, 1.807) is 11.0 Å². The first kappa shape index (κ1) is 16.2. The van der Waals surface area contributed by atoms with E-state index in [-0.39, 0.29) is 23.4 Å². The van der Waals surface area contributed by atoms with E-state index >= 15 is 0 Å². The Morgan fingerprint density at radius 3 is 2.59 bits per heavy atom. The molecule has 1 amide bonds. The van der Waals surface area contributed by atoms with Gasteiger partial charge < -0.3 is 9.88 Å². The van der Waals surface area contributed by atoms with Gasteiger partial charge in [0.05, 0.1) is 17.4 Å². The molecule has 2 rings (SSSR count). The number of rotatable bonds is 5. The highest BCUT2D eigenvalue weighted by Crippen LogP contribution is 2.13. The summed E-state index contributed by atoms with van der Waals surface area (Å²) in [6.07, 6.45) is 0.795. The number of benzene rings is 1. The monoisotopic (exact) mass is 301 g/mol. The van der Waals surface area contributed by atoms with Crippen molar-refractivity contribution in [2.75, 3.05) is 0 Å². The van der Waals surface area contributed by atoms with E-state index in [1.165, 1.54) is 0 Å². The van der Waals surface area contributed by atoms with E-state index in [1.807, 2.05) is 45.9 Å². The standard InChI is InChI=1S/C17H23N3O2/c1-5-12(4)17(22)20(11(2)3)10-15-18-14-9-7-6-8-13(14)16(21)19-15/h6-9,11-12H,5,10H2,1-4H3,(H,18,19,21). The third-order valence-electron chi connectivity index (χ3n) is 3.92. The first-order chi connectivity index (χ1) is 10.4. The van der Waals surface area contributed by atoms with E-state index in [0.29, 0.717) is 23.3 Å². The van der Waals surface area contributed by atoms with Crippen LogP contribution >= 0.6 is 0 Å². The molecule has 0 fully saturated rings. The summed E-state index contributed by atoms with van der Waals surface area (Å²) in [7, 11) is 0. The predicted octanol–water partition coefficient (Wildman–Crippen LogP) is 2.71. The van der Waals surface area contributed by atoms with Crippen molar-refractivity contribution < 1.29 is 4.79 Å². The molecule has 0 saturated heterocycles. The van der Waals surface area contributed by atoms with Gasteiger partial charge in [0.2, 0.25) is 5.91 Å². The number of hydrogen-bond donors (Lipinski definition) is 1. The minimum atomic E-state index is -0.166. The van der Waals surface area contributed by atoms with Crippen LogP contribution in [0.3, 0.4) is 0 Å². The zero-order valence-electron chi connectivity index (χ0n) is 13.6. The van der Waals surface area contributed by atoms with Crippen LogP contribution in [0.4, 0.5) is 0 Å². The fourth-order valence-corrected chi connectivity index (χ4v) is 2.34. The molecule has 5 heteroatoms. The van der Waals surface area contributed by atoms with Crippen molar-refractivity contribution in [3.8, 4) is 0 Å². The summed E-state index contributed by atoms with van der Waals surface area (Å²) in [6, 6.07) is 7.27. The number of para-hydroxylation sites is 1. The Balaban J connectivity index is 2.35. The minimum Gasteiger partial charge on any atom is -0.333 e. The molecule has 1 unspecified atom stereocenters. The molecule has 0 aliphatic rings. The third-order valence-corrected chi connectivity index (χ3v) is 3.92. The molecular formula is C17H23N3O2. The molecule has 2 aromatic rings. The summed E-state index contributed by atoms with van der Waals surface area (Å²) in [4.78, 5) is 33.6. The van der Waals surface area contributed by atoms with E-state index in [4.69, 9.17) is 0 Å². The second-order valence-corrected chi connectivity index (χ2v) is 5.90. The van der Waals surface area contributed by atoms with Crippen molar-refractivity contribution in [1.29, 1.82) is 0 Å².